The van der Waals surface area contributed by atoms with Crippen LogP contribution in [-0.4, -0.2) is 0 Å². The molecule has 0 saturated carbocycles. The van der Waals surface area contributed by atoms with Crippen molar-refractivity contribution >= 4 is 11.6 Å². The summed E-state index contributed by atoms with van der Waals surface area (Å²) >= 11 is 5.95. The fourth-order valence-electron chi connectivity index (χ4n) is 1.49. The topological polar surface area (TPSA) is 26.0 Å². The maximum absolute atomic E-state index is 6.06. The summed E-state index contributed by atoms with van der Waals surface area (Å²) in [5, 5.41) is 0.816. The Morgan fingerprint density at radius 1 is 1.43 bits per heavy atom. The molecule has 0 aliphatic carbocycles. The Hall–Kier alpha value is -0.530. The van der Waals surface area contributed by atoms with Crippen LogP contribution in [0.25, 0.3) is 0 Å². The Bertz CT molecular complexity index is 296. The lowest BCUT2D eigenvalue weighted by Crippen LogP contribution is -2.10. The molecule has 78 valence electrons. The first-order valence-corrected chi connectivity index (χ1v) is 5.54. The van der Waals surface area contributed by atoms with E-state index >= 15 is 0 Å². The lowest BCUT2D eigenvalue weighted by atomic mass is 10.0. The summed E-state index contributed by atoms with van der Waals surface area (Å²) < 4.78 is 0. The molecule has 0 saturated heterocycles. The maximum Gasteiger partial charge on any atom is 0.0435 e. The van der Waals surface area contributed by atoms with E-state index in [9.17, 15) is 0 Å². The molecule has 1 nitrogen and oxygen atoms in total. The number of halogens is 1. The highest BCUT2D eigenvalue weighted by molar-refractivity contribution is 6.31. The minimum Gasteiger partial charge on any atom is -0.324 e. The van der Waals surface area contributed by atoms with Crippen molar-refractivity contribution in [2.45, 2.75) is 39.2 Å². The van der Waals surface area contributed by atoms with Gasteiger partial charge in [-0.15, -0.1) is 0 Å². The van der Waals surface area contributed by atoms with Gasteiger partial charge in [-0.1, -0.05) is 43.5 Å². The van der Waals surface area contributed by atoms with Crippen LogP contribution in [0.2, 0.25) is 5.02 Å². The highest BCUT2D eigenvalue weighted by Gasteiger charge is 2.06. The lowest BCUT2D eigenvalue weighted by molar-refractivity contribution is 0.603. The average Bonchev–Trinajstić information content (AvgIpc) is 2.18. The van der Waals surface area contributed by atoms with Crippen LogP contribution in [0, 0.1) is 6.92 Å². The molecule has 0 aromatic heterocycles. The van der Waals surface area contributed by atoms with Crippen molar-refractivity contribution in [1.29, 1.82) is 0 Å². The van der Waals surface area contributed by atoms with Crippen LogP contribution < -0.4 is 5.73 Å². The fourth-order valence-corrected chi connectivity index (χ4v) is 1.61. The largest absolute Gasteiger partial charge is 0.324 e. The van der Waals surface area contributed by atoms with E-state index in [2.05, 4.69) is 13.0 Å². The van der Waals surface area contributed by atoms with Gasteiger partial charge in [-0.05, 0) is 30.5 Å². The highest BCUT2D eigenvalue weighted by Crippen LogP contribution is 2.22. The van der Waals surface area contributed by atoms with Crippen molar-refractivity contribution in [2.24, 2.45) is 5.73 Å². The average molecular weight is 212 g/mol. The molecule has 1 atom stereocenters. The van der Waals surface area contributed by atoms with Crippen LogP contribution >= 0.6 is 11.6 Å². The zero-order valence-electron chi connectivity index (χ0n) is 8.89. The summed E-state index contributed by atoms with van der Waals surface area (Å²) in [4.78, 5) is 0. The third kappa shape index (κ3) is 3.00. The van der Waals surface area contributed by atoms with E-state index in [0.717, 1.165) is 17.0 Å². The van der Waals surface area contributed by atoms with Gasteiger partial charge in [-0.2, -0.15) is 0 Å². The van der Waals surface area contributed by atoms with Gasteiger partial charge >= 0.3 is 0 Å². The Morgan fingerprint density at radius 2 is 2.14 bits per heavy atom. The molecule has 2 heteroatoms. The van der Waals surface area contributed by atoms with Crippen molar-refractivity contribution in [2.75, 3.05) is 0 Å². The first-order chi connectivity index (χ1) is 6.65. The third-order valence-corrected chi connectivity index (χ3v) is 2.90. The first kappa shape index (κ1) is 11.5. The Labute approximate surface area is 91.3 Å². The minimum absolute atomic E-state index is 0.158. The second-order valence-corrected chi connectivity index (χ2v) is 4.16. The molecule has 2 N–H and O–H groups in total. The number of nitrogens with two attached hydrogens (primary N) is 1. The SMILES string of the molecule is CCCC[C@H](N)c1ccc(Cl)c(C)c1. The molecule has 0 amide bonds. The molecule has 1 aromatic rings. The number of benzene rings is 1. The van der Waals surface area contributed by atoms with Gasteiger partial charge in [0.2, 0.25) is 0 Å². The van der Waals surface area contributed by atoms with Crippen molar-refractivity contribution in [3.63, 3.8) is 0 Å². The van der Waals surface area contributed by atoms with Gasteiger partial charge < -0.3 is 5.73 Å². The van der Waals surface area contributed by atoms with Crippen molar-refractivity contribution in [1.82, 2.24) is 0 Å². The number of unbranched alkanes of at least 4 members (excludes halogenated alkanes) is 1. The van der Waals surface area contributed by atoms with Crippen molar-refractivity contribution in [3.05, 3.63) is 34.3 Å². The standard InChI is InChI=1S/C12H18ClN/c1-3-4-5-12(14)10-6-7-11(13)9(2)8-10/h6-8,12H,3-5,14H2,1-2H3/t12-/m0/s1. The monoisotopic (exact) mass is 211 g/mol. The zero-order chi connectivity index (χ0) is 10.6. The van der Waals surface area contributed by atoms with Gasteiger partial charge in [0.1, 0.15) is 0 Å². The number of hydrogen-bond donors (Lipinski definition) is 1. The third-order valence-electron chi connectivity index (χ3n) is 2.48. The molecule has 0 fully saturated rings. The van der Waals surface area contributed by atoms with E-state index < -0.39 is 0 Å². The van der Waals surface area contributed by atoms with E-state index in [4.69, 9.17) is 17.3 Å². The Kier molecular flexibility index (Phi) is 4.43. The summed E-state index contributed by atoms with van der Waals surface area (Å²) in [5.74, 6) is 0. The second-order valence-electron chi connectivity index (χ2n) is 3.76. The molecule has 0 bridgehead atoms. The molecule has 1 aromatic carbocycles. The van der Waals surface area contributed by atoms with Gasteiger partial charge in [0.05, 0.1) is 0 Å². The summed E-state index contributed by atoms with van der Waals surface area (Å²) in [7, 11) is 0. The van der Waals surface area contributed by atoms with E-state index in [1.165, 1.54) is 18.4 Å². The number of hydrogen-bond acceptors (Lipinski definition) is 1. The van der Waals surface area contributed by atoms with Crippen molar-refractivity contribution in [3.8, 4) is 0 Å². The summed E-state index contributed by atoms with van der Waals surface area (Å²) in [6.45, 7) is 4.19. The van der Waals surface area contributed by atoms with E-state index in [1.54, 1.807) is 0 Å². The predicted octanol–water partition coefficient (Wildman–Crippen LogP) is 3.84. The molecular formula is C12H18ClN. The summed E-state index contributed by atoms with van der Waals surface area (Å²) in [5.41, 5.74) is 8.36. The lowest BCUT2D eigenvalue weighted by Gasteiger charge is -2.12. The van der Waals surface area contributed by atoms with Crippen LogP contribution in [0.1, 0.15) is 43.4 Å². The Balaban J connectivity index is 2.70. The number of aryl methyl sites for hydroxylation is 1. The molecule has 0 unspecified atom stereocenters. The van der Waals surface area contributed by atoms with Crippen molar-refractivity contribution < 1.29 is 0 Å². The van der Waals surface area contributed by atoms with Crippen LogP contribution in [0.4, 0.5) is 0 Å². The molecule has 0 radical (unpaired) electrons. The predicted molar refractivity (Wildman–Crippen MR) is 62.6 cm³/mol. The Morgan fingerprint density at radius 3 is 2.71 bits per heavy atom. The molecule has 0 spiro atoms. The van der Waals surface area contributed by atoms with Gasteiger partial charge in [-0.25, -0.2) is 0 Å². The van der Waals surface area contributed by atoms with Gasteiger partial charge in [0.15, 0.2) is 0 Å². The number of rotatable bonds is 4. The van der Waals surface area contributed by atoms with Crippen LogP contribution in [0.3, 0.4) is 0 Å². The quantitative estimate of drug-likeness (QED) is 0.805. The van der Waals surface area contributed by atoms with E-state index in [-0.39, 0.29) is 6.04 Å². The summed E-state index contributed by atoms with van der Waals surface area (Å²) in [6, 6.07) is 6.20. The minimum atomic E-state index is 0.158. The molecule has 0 heterocycles. The van der Waals surface area contributed by atoms with E-state index in [0.29, 0.717) is 0 Å². The smallest absolute Gasteiger partial charge is 0.0435 e. The van der Waals surface area contributed by atoms with Crippen LogP contribution in [0.5, 0.6) is 0 Å². The molecule has 0 aliphatic rings. The normalized spacial score (nSPS) is 12.9. The summed E-state index contributed by atoms with van der Waals surface area (Å²) in [6.07, 6.45) is 3.43. The molecule has 0 aliphatic heterocycles. The molecule has 14 heavy (non-hydrogen) atoms. The first-order valence-electron chi connectivity index (χ1n) is 5.16. The van der Waals surface area contributed by atoms with Crippen LogP contribution in [-0.2, 0) is 0 Å². The van der Waals surface area contributed by atoms with E-state index in [1.807, 2.05) is 19.1 Å². The molecule has 1 rings (SSSR count). The van der Waals surface area contributed by atoms with Crippen LogP contribution in [0.15, 0.2) is 18.2 Å². The highest BCUT2D eigenvalue weighted by atomic mass is 35.5. The van der Waals surface area contributed by atoms with Gasteiger partial charge in [0.25, 0.3) is 0 Å². The molecular weight excluding hydrogens is 194 g/mol. The van der Waals surface area contributed by atoms with Gasteiger partial charge in [-0.3, -0.25) is 0 Å². The zero-order valence-corrected chi connectivity index (χ0v) is 9.64. The van der Waals surface area contributed by atoms with Gasteiger partial charge in [0, 0.05) is 11.1 Å². The fraction of sp³-hybridized carbons (Fsp3) is 0.500. The second kappa shape index (κ2) is 5.38. The maximum atomic E-state index is 6.06.